The first kappa shape index (κ1) is 12.4. The van der Waals surface area contributed by atoms with Crippen LogP contribution in [0.5, 0.6) is 0 Å². The molecule has 88 valence electrons. The Bertz CT molecular complexity index is 382. The zero-order valence-electron chi connectivity index (χ0n) is 8.42. The summed E-state index contributed by atoms with van der Waals surface area (Å²) in [6, 6.07) is 0. The minimum atomic E-state index is -4.47. The van der Waals surface area contributed by atoms with Gasteiger partial charge in [-0.2, -0.15) is 12.6 Å². The lowest BCUT2D eigenvalue weighted by atomic mass is 10.3. The van der Waals surface area contributed by atoms with Crippen molar-refractivity contribution >= 4 is 10.4 Å². The first-order chi connectivity index (χ1) is 6.62. The molecule has 1 aliphatic rings. The molecule has 2 atom stereocenters. The molecule has 1 saturated heterocycles. The summed E-state index contributed by atoms with van der Waals surface area (Å²) in [5.74, 6) is -5.11. The summed E-state index contributed by atoms with van der Waals surface area (Å²) >= 11 is 0. The fourth-order valence-electron chi connectivity index (χ4n) is 0.873. The average molecular weight is 240 g/mol. The van der Waals surface area contributed by atoms with Crippen molar-refractivity contribution in [1.29, 1.82) is 0 Å². The van der Waals surface area contributed by atoms with Gasteiger partial charge in [-0.25, -0.2) is 4.18 Å². The normalized spacial score (nSPS) is 40.5. The molecule has 0 saturated carbocycles. The van der Waals surface area contributed by atoms with Gasteiger partial charge in [0.2, 0.25) is 0 Å². The molecule has 2 N–H and O–H groups in total. The van der Waals surface area contributed by atoms with Gasteiger partial charge in [-0.3, -0.25) is 0 Å². The van der Waals surface area contributed by atoms with Crippen LogP contribution in [0.2, 0.25) is 0 Å². The fourth-order valence-corrected chi connectivity index (χ4v) is 1.88. The minimum absolute atomic E-state index is 0.165. The van der Waals surface area contributed by atoms with E-state index in [4.69, 9.17) is 4.74 Å². The maximum atomic E-state index is 10.9. The van der Waals surface area contributed by atoms with E-state index in [1.807, 2.05) is 0 Å². The van der Waals surface area contributed by atoms with E-state index in [2.05, 4.69) is 8.37 Å². The average Bonchev–Trinajstić information content (AvgIpc) is 2.14. The van der Waals surface area contributed by atoms with E-state index in [9.17, 15) is 18.6 Å². The maximum absolute atomic E-state index is 10.9. The Morgan fingerprint density at radius 1 is 1.40 bits per heavy atom. The Kier molecular flexibility index (Phi) is 2.83. The molecule has 1 rings (SSSR count). The first-order valence-electron chi connectivity index (χ1n) is 4.05. The molecule has 0 amide bonds. The van der Waals surface area contributed by atoms with Gasteiger partial charge in [0.15, 0.2) is 0 Å². The van der Waals surface area contributed by atoms with Gasteiger partial charge in [-0.05, 0) is 19.9 Å². The highest BCUT2D eigenvalue weighted by molar-refractivity contribution is 7.82. The first-order valence-corrected chi connectivity index (χ1v) is 5.38. The molecule has 1 heterocycles. The standard InChI is InChI=1S/C7H12O7S/c1-4-5(2)12-7(9)6(3,8)13-15(10,11)14-7/h4,8-9H,1-3H3/b5-4+. The molecular formula is C7H12O7S. The number of hydrogen-bond acceptors (Lipinski definition) is 7. The van der Waals surface area contributed by atoms with Gasteiger partial charge in [0.1, 0.15) is 0 Å². The van der Waals surface area contributed by atoms with Crippen LogP contribution >= 0.6 is 0 Å². The molecule has 7 nitrogen and oxygen atoms in total. The molecule has 2 unspecified atom stereocenters. The van der Waals surface area contributed by atoms with E-state index in [1.165, 1.54) is 13.0 Å². The van der Waals surface area contributed by atoms with Crippen LogP contribution < -0.4 is 0 Å². The van der Waals surface area contributed by atoms with Gasteiger partial charge < -0.3 is 14.9 Å². The molecule has 0 aromatic rings. The molecule has 0 aromatic carbocycles. The molecule has 0 spiro atoms. The zero-order chi connectivity index (χ0) is 11.9. The van der Waals surface area contributed by atoms with Crippen LogP contribution in [0.4, 0.5) is 0 Å². The van der Waals surface area contributed by atoms with Crippen molar-refractivity contribution in [3.8, 4) is 0 Å². The predicted octanol–water partition coefficient (Wildman–Crippen LogP) is -0.427. The Labute approximate surface area is 87.2 Å². The van der Waals surface area contributed by atoms with Crippen molar-refractivity contribution in [3.05, 3.63) is 11.8 Å². The highest BCUT2D eigenvalue weighted by Crippen LogP contribution is 2.38. The summed E-state index contributed by atoms with van der Waals surface area (Å²) in [7, 11) is -4.47. The summed E-state index contributed by atoms with van der Waals surface area (Å²) in [4.78, 5) is 0. The summed E-state index contributed by atoms with van der Waals surface area (Å²) in [5, 5.41) is 19.1. The van der Waals surface area contributed by atoms with Crippen LogP contribution in [-0.2, 0) is 23.5 Å². The van der Waals surface area contributed by atoms with Crippen LogP contribution in [0.3, 0.4) is 0 Å². The van der Waals surface area contributed by atoms with Gasteiger partial charge in [0.05, 0.1) is 5.76 Å². The number of ether oxygens (including phenoxy) is 1. The highest BCUT2D eigenvalue weighted by Gasteiger charge is 2.64. The maximum Gasteiger partial charge on any atom is 0.408 e. The van der Waals surface area contributed by atoms with Crippen molar-refractivity contribution < 1.29 is 31.7 Å². The Hall–Kier alpha value is -0.670. The number of allylic oxidation sites excluding steroid dienone is 2. The van der Waals surface area contributed by atoms with Crippen LogP contribution in [0.15, 0.2) is 11.8 Å². The van der Waals surface area contributed by atoms with E-state index < -0.39 is 22.2 Å². The van der Waals surface area contributed by atoms with Crippen molar-refractivity contribution in [2.45, 2.75) is 32.5 Å². The lowest BCUT2D eigenvalue weighted by molar-refractivity contribution is -0.393. The second-order valence-electron chi connectivity index (χ2n) is 3.14. The SMILES string of the molecule is C/C=C(\C)OC1(O)OS(=O)(=O)OC1(C)O. The molecule has 0 radical (unpaired) electrons. The summed E-state index contributed by atoms with van der Waals surface area (Å²) in [6.07, 6.45) is 1.45. The minimum Gasteiger partial charge on any atom is -0.440 e. The fraction of sp³-hybridized carbons (Fsp3) is 0.714. The largest absolute Gasteiger partial charge is 0.440 e. The van der Waals surface area contributed by atoms with Gasteiger partial charge in [-0.15, -0.1) is 0 Å². The third-order valence-corrected chi connectivity index (χ3v) is 2.73. The predicted molar refractivity (Wildman–Crippen MR) is 47.2 cm³/mol. The molecule has 0 aromatic heterocycles. The molecule has 8 heteroatoms. The monoisotopic (exact) mass is 240 g/mol. The van der Waals surface area contributed by atoms with Crippen molar-refractivity contribution in [2.75, 3.05) is 0 Å². The topological polar surface area (TPSA) is 102 Å². The van der Waals surface area contributed by atoms with Gasteiger partial charge >= 0.3 is 16.4 Å². The number of hydrogen-bond donors (Lipinski definition) is 2. The molecule has 0 bridgehead atoms. The Morgan fingerprint density at radius 2 is 1.93 bits per heavy atom. The van der Waals surface area contributed by atoms with E-state index in [0.29, 0.717) is 0 Å². The molecule has 0 aliphatic carbocycles. The quantitative estimate of drug-likeness (QED) is 0.498. The zero-order valence-corrected chi connectivity index (χ0v) is 9.24. The molecule has 1 fully saturated rings. The van der Waals surface area contributed by atoms with E-state index in [0.717, 1.165) is 6.92 Å². The molecule has 1 aliphatic heterocycles. The Balaban J connectivity index is 3.03. The summed E-state index contributed by atoms with van der Waals surface area (Å²) in [5.41, 5.74) is 0. The van der Waals surface area contributed by atoms with Gasteiger partial charge in [-0.1, -0.05) is 0 Å². The third-order valence-electron chi connectivity index (χ3n) is 1.77. The molecule has 15 heavy (non-hydrogen) atoms. The van der Waals surface area contributed by atoms with Crippen LogP contribution in [0, 0.1) is 0 Å². The van der Waals surface area contributed by atoms with Crippen LogP contribution in [0.1, 0.15) is 20.8 Å². The van der Waals surface area contributed by atoms with E-state index >= 15 is 0 Å². The van der Waals surface area contributed by atoms with Gasteiger partial charge in [0, 0.05) is 6.92 Å². The highest BCUT2D eigenvalue weighted by atomic mass is 32.3. The lowest BCUT2D eigenvalue weighted by Crippen LogP contribution is -2.51. The van der Waals surface area contributed by atoms with E-state index in [-0.39, 0.29) is 5.76 Å². The smallest absolute Gasteiger partial charge is 0.408 e. The summed E-state index contributed by atoms with van der Waals surface area (Å²) < 4.78 is 34.7. The Morgan fingerprint density at radius 3 is 2.27 bits per heavy atom. The number of aliphatic hydroxyl groups is 2. The van der Waals surface area contributed by atoms with Crippen molar-refractivity contribution in [1.82, 2.24) is 0 Å². The second-order valence-corrected chi connectivity index (χ2v) is 4.29. The van der Waals surface area contributed by atoms with Crippen molar-refractivity contribution in [3.63, 3.8) is 0 Å². The lowest BCUT2D eigenvalue weighted by Gasteiger charge is -2.28. The molecular weight excluding hydrogens is 228 g/mol. The van der Waals surface area contributed by atoms with E-state index in [1.54, 1.807) is 6.92 Å². The van der Waals surface area contributed by atoms with Crippen molar-refractivity contribution in [2.24, 2.45) is 0 Å². The second kappa shape index (κ2) is 3.42. The van der Waals surface area contributed by atoms with Crippen LogP contribution in [0.25, 0.3) is 0 Å². The number of rotatable bonds is 2. The third kappa shape index (κ3) is 2.29. The van der Waals surface area contributed by atoms with Crippen LogP contribution in [-0.4, -0.2) is 30.4 Å². The summed E-state index contributed by atoms with van der Waals surface area (Å²) in [6.45, 7) is 3.94. The van der Waals surface area contributed by atoms with Gasteiger partial charge in [0.25, 0.3) is 5.79 Å².